The maximum Gasteiger partial charge on any atom is 0.263 e. The summed E-state index contributed by atoms with van der Waals surface area (Å²) < 4.78 is 5.78. The summed E-state index contributed by atoms with van der Waals surface area (Å²) in [6.45, 7) is 3.12. The molecule has 0 aliphatic carbocycles. The van der Waals surface area contributed by atoms with Gasteiger partial charge in [-0.2, -0.15) is 4.80 Å². The van der Waals surface area contributed by atoms with Crippen LogP contribution < -0.4 is 5.32 Å². The highest BCUT2D eigenvalue weighted by molar-refractivity contribution is 6.33. The summed E-state index contributed by atoms with van der Waals surface area (Å²) in [6.07, 6.45) is 0. The van der Waals surface area contributed by atoms with Crippen molar-refractivity contribution in [3.05, 3.63) is 47.2 Å². The molecular weight excluding hydrogens is 290 g/mol. The zero-order valence-corrected chi connectivity index (χ0v) is 12.2. The van der Waals surface area contributed by atoms with Crippen LogP contribution in [0.15, 0.2) is 40.8 Å². The Morgan fingerprint density at radius 1 is 1.24 bits per heavy atom. The van der Waals surface area contributed by atoms with Gasteiger partial charge < -0.3 is 9.73 Å². The molecule has 2 aromatic heterocycles. The number of furan rings is 1. The van der Waals surface area contributed by atoms with Gasteiger partial charge in [-0.15, -0.1) is 5.10 Å². The van der Waals surface area contributed by atoms with E-state index in [0.717, 1.165) is 17.1 Å². The monoisotopic (exact) mass is 303 g/mol. The molecular formula is C14H14ClN5O. The molecule has 0 aliphatic heterocycles. The van der Waals surface area contributed by atoms with E-state index < -0.39 is 0 Å². The van der Waals surface area contributed by atoms with Crippen LogP contribution in [0.1, 0.15) is 12.7 Å². The Labute approximate surface area is 126 Å². The number of rotatable bonds is 5. The van der Waals surface area contributed by atoms with E-state index in [9.17, 15) is 0 Å². The Morgan fingerprint density at radius 3 is 2.86 bits per heavy atom. The predicted octanol–water partition coefficient (Wildman–Crippen LogP) is 3.22. The number of anilines is 1. The van der Waals surface area contributed by atoms with Gasteiger partial charge in [0.05, 0.1) is 18.1 Å². The molecule has 2 heterocycles. The molecule has 0 fully saturated rings. The van der Waals surface area contributed by atoms with Crippen LogP contribution in [0.25, 0.3) is 11.3 Å². The van der Waals surface area contributed by atoms with Crippen molar-refractivity contribution in [2.45, 2.75) is 20.0 Å². The second-order valence-electron chi connectivity index (χ2n) is 4.40. The molecule has 7 heteroatoms. The van der Waals surface area contributed by atoms with E-state index in [1.807, 2.05) is 43.3 Å². The smallest absolute Gasteiger partial charge is 0.263 e. The van der Waals surface area contributed by atoms with E-state index in [2.05, 4.69) is 20.7 Å². The number of aromatic nitrogens is 4. The van der Waals surface area contributed by atoms with Crippen molar-refractivity contribution < 1.29 is 4.42 Å². The highest BCUT2D eigenvalue weighted by atomic mass is 35.5. The van der Waals surface area contributed by atoms with E-state index in [0.29, 0.717) is 24.1 Å². The van der Waals surface area contributed by atoms with E-state index >= 15 is 0 Å². The molecule has 0 spiro atoms. The van der Waals surface area contributed by atoms with Crippen LogP contribution in [-0.4, -0.2) is 20.2 Å². The highest BCUT2D eigenvalue weighted by Gasteiger charge is 2.08. The Hall–Kier alpha value is -2.34. The molecule has 0 unspecified atom stereocenters. The third-order valence-electron chi connectivity index (χ3n) is 2.96. The third-order valence-corrected chi connectivity index (χ3v) is 3.29. The summed E-state index contributed by atoms with van der Waals surface area (Å²) in [5, 5.41) is 15.6. The average Bonchev–Trinajstić information content (AvgIpc) is 3.14. The Balaban J connectivity index is 1.69. The molecule has 1 N–H and O–H groups in total. The van der Waals surface area contributed by atoms with Crippen LogP contribution in [-0.2, 0) is 13.1 Å². The number of halogens is 1. The molecule has 21 heavy (non-hydrogen) atoms. The number of aryl methyl sites for hydroxylation is 1. The largest absolute Gasteiger partial charge is 0.459 e. The first-order valence-electron chi connectivity index (χ1n) is 6.61. The van der Waals surface area contributed by atoms with Gasteiger partial charge in [-0.05, 0) is 36.4 Å². The molecule has 0 bridgehead atoms. The minimum absolute atomic E-state index is 0.479. The zero-order chi connectivity index (χ0) is 14.7. The van der Waals surface area contributed by atoms with E-state index in [1.165, 1.54) is 4.80 Å². The van der Waals surface area contributed by atoms with E-state index in [-0.39, 0.29) is 0 Å². The number of hydrogen-bond donors (Lipinski definition) is 1. The van der Waals surface area contributed by atoms with Gasteiger partial charge >= 0.3 is 0 Å². The van der Waals surface area contributed by atoms with Crippen molar-refractivity contribution in [3.8, 4) is 11.3 Å². The lowest BCUT2D eigenvalue weighted by atomic mass is 10.2. The van der Waals surface area contributed by atoms with Crippen LogP contribution >= 0.6 is 11.6 Å². The quantitative estimate of drug-likeness (QED) is 0.783. The zero-order valence-electron chi connectivity index (χ0n) is 11.5. The molecule has 0 radical (unpaired) electrons. The van der Waals surface area contributed by atoms with Gasteiger partial charge in [0.15, 0.2) is 0 Å². The number of tetrazole rings is 1. The van der Waals surface area contributed by atoms with Gasteiger partial charge in [-0.25, -0.2) is 0 Å². The summed E-state index contributed by atoms with van der Waals surface area (Å²) in [4.78, 5) is 1.51. The highest BCUT2D eigenvalue weighted by Crippen LogP contribution is 2.29. The Bertz CT molecular complexity index is 736. The molecule has 1 aromatic carbocycles. The van der Waals surface area contributed by atoms with Crippen LogP contribution in [0.5, 0.6) is 0 Å². The normalized spacial score (nSPS) is 10.8. The van der Waals surface area contributed by atoms with E-state index in [4.69, 9.17) is 16.0 Å². The van der Waals surface area contributed by atoms with Crippen molar-refractivity contribution >= 4 is 17.5 Å². The fourth-order valence-electron chi connectivity index (χ4n) is 1.89. The summed E-state index contributed by atoms with van der Waals surface area (Å²) in [5.41, 5.74) is 0.875. The fourth-order valence-corrected chi connectivity index (χ4v) is 2.12. The van der Waals surface area contributed by atoms with Gasteiger partial charge in [0, 0.05) is 5.56 Å². The minimum Gasteiger partial charge on any atom is -0.459 e. The van der Waals surface area contributed by atoms with Gasteiger partial charge in [0.1, 0.15) is 11.5 Å². The molecule has 0 amide bonds. The molecule has 6 nitrogen and oxygen atoms in total. The fraction of sp³-hybridized carbons (Fsp3) is 0.214. The standard InChI is InChI=1S/C14H14ClN5O/c1-2-20-18-14(17-19-20)16-9-10-7-8-13(21-10)11-5-3-4-6-12(11)15/h3-8H,2,9H2,1H3,(H,16,18). The molecule has 0 aliphatic rings. The average molecular weight is 304 g/mol. The number of nitrogens with zero attached hydrogens (tertiary/aromatic N) is 4. The molecule has 3 aromatic rings. The first-order valence-corrected chi connectivity index (χ1v) is 6.99. The topological polar surface area (TPSA) is 68.8 Å². The minimum atomic E-state index is 0.479. The van der Waals surface area contributed by atoms with Gasteiger partial charge in [-0.3, -0.25) is 0 Å². The second-order valence-corrected chi connectivity index (χ2v) is 4.81. The molecule has 0 atom stereocenters. The molecule has 0 saturated carbocycles. The van der Waals surface area contributed by atoms with Crippen LogP contribution in [0.4, 0.5) is 5.95 Å². The third kappa shape index (κ3) is 3.05. The number of benzene rings is 1. The lowest BCUT2D eigenvalue weighted by Gasteiger charge is -2.00. The van der Waals surface area contributed by atoms with Gasteiger partial charge in [0.25, 0.3) is 5.95 Å². The van der Waals surface area contributed by atoms with Crippen molar-refractivity contribution in [1.82, 2.24) is 20.2 Å². The second kappa shape index (κ2) is 5.97. The van der Waals surface area contributed by atoms with Crippen LogP contribution in [0.3, 0.4) is 0 Å². The van der Waals surface area contributed by atoms with Crippen LogP contribution in [0, 0.1) is 0 Å². The first kappa shape index (κ1) is 13.6. The Morgan fingerprint density at radius 2 is 2.10 bits per heavy atom. The summed E-state index contributed by atoms with van der Waals surface area (Å²) in [6, 6.07) is 11.4. The number of hydrogen-bond acceptors (Lipinski definition) is 5. The van der Waals surface area contributed by atoms with Crippen molar-refractivity contribution in [1.29, 1.82) is 0 Å². The van der Waals surface area contributed by atoms with Crippen molar-refractivity contribution in [2.24, 2.45) is 0 Å². The first-order chi connectivity index (χ1) is 10.3. The summed E-state index contributed by atoms with van der Waals surface area (Å²) in [5.74, 6) is 1.99. The molecule has 3 rings (SSSR count). The summed E-state index contributed by atoms with van der Waals surface area (Å²) >= 11 is 6.15. The predicted molar refractivity (Wildman–Crippen MR) is 80.0 cm³/mol. The van der Waals surface area contributed by atoms with Gasteiger partial charge in [0.2, 0.25) is 0 Å². The summed E-state index contributed by atoms with van der Waals surface area (Å²) in [7, 11) is 0. The lowest BCUT2D eigenvalue weighted by molar-refractivity contribution is 0.530. The maximum atomic E-state index is 6.15. The Kier molecular flexibility index (Phi) is 3.87. The van der Waals surface area contributed by atoms with Crippen LogP contribution in [0.2, 0.25) is 5.02 Å². The van der Waals surface area contributed by atoms with Crippen molar-refractivity contribution in [2.75, 3.05) is 5.32 Å². The van der Waals surface area contributed by atoms with Gasteiger partial charge in [-0.1, -0.05) is 28.8 Å². The van der Waals surface area contributed by atoms with E-state index in [1.54, 1.807) is 0 Å². The lowest BCUT2D eigenvalue weighted by Crippen LogP contribution is -2.02. The maximum absolute atomic E-state index is 6.15. The van der Waals surface area contributed by atoms with Crippen molar-refractivity contribution in [3.63, 3.8) is 0 Å². The number of nitrogens with one attached hydrogen (secondary N) is 1. The SMILES string of the molecule is CCn1nnc(NCc2ccc(-c3ccccc3Cl)o2)n1. The molecule has 0 saturated heterocycles. The molecule has 108 valence electrons.